The Labute approximate surface area is 152 Å². The van der Waals surface area contributed by atoms with E-state index in [1.165, 1.54) is 28.8 Å². The Morgan fingerprint density at radius 2 is 1.92 bits per heavy atom. The van der Waals surface area contributed by atoms with Crippen molar-refractivity contribution in [3.05, 3.63) is 57.5 Å². The molecule has 0 atom stereocenters. The van der Waals surface area contributed by atoms with Crippen molar-refractivity contribution in [3.63, 3.8) is 0 Å². The molecule has 2 aromatic rings. The molecular weight excluding hydrogens is 332 g/mol. The van der Waals surface area contributed by atoms with E-state index in [4.69, 9.17) is 0 Å². The zero-order valence-electron chi connectivity index (χ0n) is 15.6. The molecule has 0 fully saturated rings. The number of hydrogen-bond acceptors (Lipinski definition) is 4. The van der Waals surface area contributed by atoms with Gasteiger partial charge in [0.15, 0.2) is 0 Å². The molecule has 0 aliphatic rings. The van der Waals surface area contributed by atoms with Crippen LogP contribution in [0.1, 0.15) is 35.0 Å². The van der Waals surface area contributed by atoms with Gasteiger partial charge in [0.25, 0.3) is 11.5 Å². The molecule has 0 unspecified atom stereocenters. The van der Waals surface area contributed by atoms with Gasteiger partial charge in [0.1, 0.15) is 5.69 Å². The van der Waals surface area contributed by atoms with Gasteiger partial charge in [-0.25, -0.2) is 4.68 Å². The van der Waals surface area contributed by atoms with Crippen LogP contribution in [0, 0.1) is 13.8 Å². The van der Waals surface area contributed by atoms with Crippen LogP contribution < -0.4 is 10.9 Å². The monoisotopic (exact) mass is 356 g/mol. The first-order valence-electron chi connectivity index (χ1n) is 8.53. The first kappa shape index (κ1) is 19.4. The Balaban J connectivity index is 2.06. The first-order chi connectivity index (χ1) is 12.3. The second kappa shape index (κ2) is 8.42. The normalized spacial score (nSPS) is 10.5. The number of hydrogen-bond donors (Lipinski definition) is 1. The lowest BCUT2D eigenvalue weighted by atomic mass is 10.1. The van der Waals surface area contributed by atoms with Gasteiger partial charge in [-0.1, -0.05) is 19.1 Å². The van der Waals surface area contributed by atoms with Crippen molar-refractivity contribution in [2.45, 2.75) is 33.7 Å². The predicted molar refractivity (Wildman–Crippen MR) is 100 cm³/mol. The second-order valence-electron chi connectivity index (χ2n) is 6.24. The smallest absolute Gasteiger partial charge is 0.274 e. The van der Waals surface area contributed by atoms with Gasteiger partial charge in [-0.2, -0.15) is 5.10 Å². The van der Waals surface area contributed by atoms with Gasteiger partial charge in [0, 0.05) is 25.3 Å². The lowest BCUT2D eigenvalue weighted by Gasteiger charge is -2.17. The Kier molecular flexibility index (Phi) is 6.27. The summed E-state index contributed by atoms with van der Waals surface area (Å²) in [5, 5.41) is 6.90. The van der Waals surface area contributed by atoms with E-state index < -0.39 is 5.91 Å². The number of aromatic nitrogens is 2. The fourth-order valence-electron chi connectivity index (χ4n) is 2.49. The SMILES string of the molecule is CCCn1nc(C(=O)N(C)CC(=O)Nc2cccc(C)c2C)ccc1=O. The number of amides is 2. The van der Waals surface area contributed by atoms with Gasteiger partial charge in [-0.05, 0) is 43.5 Å². The molecule has 2 rings (SSSR count). The Bertz CT molecular complexity index is 873. The summed E-state index contributed by atoms with van der Waals surface area (Å²) in [4.78, 5) is 37.7. The van der Waals surface area contributed by atoms with Gasteiger partial charge < -0.3 is 10.2 Å². The van der Waals surface area contributed by atoms with Gasteiger partial charge in [0.05, 0.1) is 6.54 Å². The quantitative estimate of drug-likeness (QED) is 0.858. The van der Waals surface area contributed by atoms with Crippen molar-refractivity contribution >= 4 is 17.5 Å². The summed E-state index contributed by atoms with van der Waals surface area (Å²) in [7, 11) is 1.53. The maximum Gasteiger partial charge on any atom is 0.274 e. The van der Waals surface area contributed by atoms with E-state index in [2.05, 4.69) is 10.4 Å². The first-order valence-corrected chi connectivity index (χ1v) is 8.53. The van der Waals surface area contributed by atoms with Crippen LogP contribution in [0.25, 0.3) is 0 Å². The zero-order valence-corrected chi connectivity index (χ0v) is 15.6. The van der Waals surface area contributed by atoms with Crippen LogP contribution in [0.15, 0.2) is 35.1 Å². The van der Waals surface area contributed by atoms with E-state index >= 15 is 0 Å². The molecule has 138 valence electrons. The molecule has 7 heteroatoms. The minimum Gasteiger partial charge on any atom is -0.331 e. The maximum absolute atomic E-state index is 12.5. The molecule has 0 radical (unpaired) electrons. The van der Waals surface area contributed by atoms with Crippen molar-refractivity contribution in [1.82, 2.24) is 14.7 Å². The van der Waals surface area contributed by atoms with E-state index in [1.807, 2.05) is 39.0 Å². The van der Waals surface area contributed by atoms with Gasteiger partial charge in [-0.15, -0.1) is 0 Å². The average molecular weight is 356 g/mol. The highest BCUT2D eigenvalue weighted by atomic mass is 16.2. The third-order valence-corrected chi connectivity index (χ3v) is 4.13. The average Bonchev–Trinajstić information content (AvgIpc) is 2.60. The highest BCUT2D eigenvalue weighted by Crippen LogP contribution is 2.17. The van der Waals surface area contributed by atoms with Gasteiger partial charge in [0.2, 0.25) is 5.91 Å². The molecule has 0 saturated carbocycles. The Morgan fingerprint density at radius 3 is 2.62 bits per heavy atom. The highest BCUT2D eigenvalue weighted by molar-refractivity contribution is 5.98. The van der Waals surface area contributed by atoms with Gasteiger partial charge in [-0.3, -0.25) is 14.4 Å². The van der Waals surface area contributed by atoms with Crippen molar-refractivity contribution in [3.8, 4) is 0 Å². The molecule has 1 heterocycles. The summed E-state index contributed by atoms with van der Waals surface area (Å²) in [6, 6.07) is 8.37. The molecule has 2 amide bonds. The number of nitrogens with zero attached hydrogens (tertiary/aromatic N) is 3. The van der Waals surface area contributed by atoms with E-state index in [9.17, 15) is 14.4 Å². The van der Waals surface area contributed by atoms with Crippen LogP contribution >= 0.6 is 0 Å². The van der Waals surface area contributed by atoms with Crippen LogP contribution in [0.5, 0.6) is 0 Å². The van der Waals surface area contributed by atoms with Crippen LogP contribution in [-0.2, 0) is 11.3 Å². The molecule has 26 heavy (non-hydrogen) atoms. The Hall–Kier alpha value is -2.96. The molecule has 0 aliphatic heterocycles. The van der Waals surface area contributed by atoms with E-state index in [-0.39, 0.29) is 23.7 Å². The van der Waals surface area contributed by atoms with Crippen LogP contribution in [0.2, 0.25) is 0 Å². The summed E-state index contributed by atoms with van der Waals surface area (Å²) in [6.45, 7) is 6.15. The Morgan fingerprint density at radius 1 is 1.19 bits per heavy atom. The molecule has 0 aliphatic carbocycles. The molecule has 0 saturated heterocycles. The van der Waals surface area contributed by atoms with Crippen LogP contribution in [0.3, 0.4) is 0 Å². The maximum atomic E-state index is 12.5. The molecule has 0 bridgehead atoms. The van der Waals surface area contributed by atoms with Crippen molar-refractivity contribution < 1.29 is 9.59 Å². The van der Waals surface area contributed by atoms with Crippen molar-refractivity contribution in [2.24, 2.45) is 0 Å². The number of nitrogens with one attached hydrogen (secondary N) is 1. The minimum atomic E-state index is -0.411. The summed E-state index contributed by atoms with van der Waals surface area (Å²) in [5.41, 5.74) is 2.68. The molecule has 7 nitrogen and oxygen atoms in total. The lowest BCUT2D eigenvalue weighted by Crippen LogP contribution is -2.36. The van der Waals surface area contributed by atoms with Crippen molar-refractivity contribution in [1.29, 1.82) is 0 Å². The third kappa shape index (κ3) is 4.56. The number of rotatable bonds is 6. The third-order valence-electron chi connectivity index (χ3n) is 4.13. The fourth-order valence-corrected chi connectivity index (χ4v) is 2.49. The number of benzene rings is 1. The largest absolute Gasteiger partial charge is 0.331 e. The molecule has 1 aromatic carbocycles. The topological polar surface area (TPSA) is 84.3 Å². The number of carbonyl (C=O) groups excluding carboxylic acids is 2. The number of likely N-dealkylation sites (N-methyl/N-ethyl adjacent to an activating group) is 1. The minimum absolute atomic E-state index is 0.110. The van der Waals surface area contributed by atoms with E-state index in [0.29, 0.717) is 6.54 Å². The zero-order chi connectivity index (χ0) is 19.3. The number of carbonyl (C=O) groups is 2. The van der Waals surface area contributed by atoms with E-state index in [0.717, 1.165) is 23.2 Å². The van der Waals surface area contributed by atoms with Crippen LogP contribution in [-0.4, -0.2) is 40.1 Å². The highest BCUT2D eigenvalue weighted by Gasteiger charge is 2.18. The summed E-state index contributed by atoms with van der Waals surface area (Å²) >= 11 is 0. The van der Waals surface area contributed by atoms with E-state index in [1.54, 1.807) is 0 Å². The molecule has 1 N–H and O–H groups in total. The summed E-state index contributed by atoms with van der Waals surface area (Å²) in [5.74, 6) is -0.706. The second-order valence-corrected chi connectivity index (χ2v) is 6.24. The summed E-state index contributed by atoms with van der Waals surface area (Å²) in [6.07, 6.45) is 0.735. The number of aryl methyl sites for hydroxylation is 2. The molecular formula is C19H24N4O3. The van der Waals surface area contributed by atoms with Gasteiger partial charge >= 0.3 is 0 Å². The van der Waals surface area contributed by atoms with Crippen LogP contribution in [0.4, 0.5) is 5.69 Å². The number of anilines is 1. The van der Waals surface area contributed by atoms with Crippen molar-refractivity contribution in [2.75, 3.05) is 18.9 Å². The lowest BCUT2D eigenvalue weighted by molar-refractivity contribution is -0.116. The molecule has 1 aromatic heterocycles. The summed E-state index contributed by atoms with van der Waals surface area (Å²) < 4.78 is 1.26. The molecule has 0 spiro atoms. The fraction of sp³-hybridized carbons (Fsp3) is 0.368. The predicted octanol–water partition coefficient (Wildman–Crippen LogP) is 1.98. The standard InChI is InChI=1S/C19H24N4O3/c1-5-11-23-18(25)10-9-16(21-23)19(26)22(4)12-17(24)20-15-8-6-7-13(2)14(15)3/h6-10H,5,11-12H2,1-4H3,(H,20,24).